The Morgan fingerprint density at radius 3 is 2.41 bits per heavy atom. The van der Waals surface area contributed by atoms with Gasteiger partial charge in [0, 0.05) is 18.5 Å². The molecule has 1 fully saturated rings. The molecule has 0 amide bonds. The van der Waals surface area contributed by atoms with Gasteiger partial charge in [-0.05, 0) is 12.8 Å². The van der Waals surface area contributed by atoms with Crippen molar-refractivity contribution in [1.82, 2.24) is 4.98 Å². The first-order valence-electron chi connectivity index (χ1n) is 5.78. The fraction of sp³-hybridized carbons (Fsp3) is 0.667. The van der Waals surface area contributed by atoms with Crippen molar-refractivity contribution in [3.05, 3.63) is 10.6 Å². The van der Waals surface area contributed by atoms with Crippen LogP contribution in [0.1, 0.15) is 49.0 Å². The zero-order chi connectivity index (χ0) is 12.8. The van der Waals surface area contributed by atoms with Crippen LogP contribution in [0.15, 0.2) is 0 Å². The molecule has 1 aromatic heterocycles. The van der Waals surface area contributed by atoms with Crippen molar-refractivity contribution in [2.45, 2.75) is 45.1 Å². The molecule has 0 aliphatic heterocycles. The summed E-state index contributed by atoms with van der Waals surface area (Å²) in [5, 5.41) is 10.1. The van der Waals surface area contributed by atoms with Crippen LogP contribution in [0.3, 0.4) is 0 Å². The topological polar surface area (TPSA) is 53.4 Å². The maximum Gasteiger partial charge on any atom is 0.347 e. The Bertz CT molecular complexity index is 444. The number of carboxylic acids is 1. The number of hydrogen-bond acceptors (Lipinski definition) is 4. The Balaban J connectivity index is 2.40. The Labute approximate surface area is 105 Å². The number of carboxylic acid groups (broad SMARTS) is 1. The number of nitrogens with zero attached hydrogens (tertiary/aromatic N) is 2. The lowest BCUT2D eigenvalue weighted by atomic mass is 9.91. The van der Waals surface area contributed by atoms with Gasteiger partial charge in [0.2, 0.25) is 0 Å². The van der Waals surface area contributed by atoms with Crippen molar-refractivity contribution in [2.24, 2.45) is 0 Å². The highest BCUT2D eigenvalue weighted by Gasteiger charge is 2.32. The molecule has 0 aromatic carbocycles. The molecule has 1 heterocycles. The maximum atomic E-state index is 11.2. The zero-order valence-electron chi connectivity index (χ0n) is 10.6. The minimum absolute atomic E-state index is 0.229. The van der Waals surface area contributed by atoms with Crippen molar-refractivity contribution < 1.29 is 9.90 Å². The van der Waals surface area contributed by atoms with Crippen LogP contribution < -0.4 is 4.90 Å². The Kier molecular flexibility index (Phi) is 2.89. The van der Waals surface area contributed by atoms with E-state index in [9.17, 15) is 9.90 Å². The lowest BCUT2D eigenvalue weighted by Crippen LogP contribution is -2.20. The van der Waals surface area contributed by atoms with E-state index < -0.39 is 5.97 Å². The van der Waals surface area contributed by atoms with Crippen molar-refractivity contribution in [2.75, 3.05) is 11.9 Å². The molecule has 0 bridgehead atoms. The van der Waals surface area contributed by atoms with E-state index in [0.29, 0.717) is 16.6 Å². The number of carbonyl (C=O) groups is 1. The summed E-state index contributed by atoms with van der Waals surface area (Å²) in [5.41, 5.74) is 0.463. The van der Waals surface area contributed by atoms with Gasteiger partial charge in [-0.15, -0.1) is 0 Å². The van der Waals surface area contributed by atoms with Gasteiger partial charge < -0.3 is 10.0 Å². The molecule has 5 heteroatoms. The van der Waals surface area contributed by atoms with Crippen molar-refractivity contribution in [1.29, 1.82) is 0 Å². The van der Waals surface area contributed by atoms with Gasteiger partial charge in [0.25, 0.3) is 0 Å². The highest BCUT2D eigenvalue weighted by atomic mass is 32.1. The highest BCUT2D eigenvalue weighted by Crippen LogP contribution is 2.37. The first kappa shape index (κ1) is 12.4. The summed E-state index contributed by atoms with van der Waals surface area (Å²) in [6, 6.07) is 0.551. The van der Waals surface area contributed by atoms with Gasteiger partial charge in [-0.1, -0.05) is 32.1 Å². The molecule has 1 N–H and O–H groups in total. The normalized spacial score (nSPS) is 16.0. The van der Waals surface area contributed by atoms with Crippen LogP contribution >= 0.6 is 11.3 Å². The van der Waals surface area contributed by atoms with E-state index in [1.807, 2.05) is 27.8 Å². The second kappa shape index (κ2) is 3.98. The summed E-state index contributed by atoms with van der Waals surface area (Å²) in [4.78, 5) is 18.2. The third-order valence-corrected chi connectivity index (χ3v) is 4.05. The highest BCUT2D eigenvalue weighted by molar-refractivity contribution is 7.17. The number of anilines is 1. The predicted octanol–water partition coefficient (Wildman–Crippen LogP) is 2.74. The number of hydrogen-bond donors (Lipinski definition) is 1. The van der Waals surface area contributed by atoms with E-state index in [0.717, 1.165) is 5.13 Å². The van der Waals surface area contributed by atoms with E-state index in [-0.39, 0.29) is 5.41 Å². The SMILES string of the molecule is CN(c1nc(C(C)(C)C)c(C(=O)O)s1)C1CC1. The molecular weight excluding hydrogens is 236 g/mol. The van der Waals surface area contributed by atoms with E-state index in [4.69, 9.17) is 0 Å². The molecule has 0 spiro atoms. The minimum Gasteiger partial charge on any atom is -0.477 e. The molecular formula is C12H18N2O2S. The van der Waals surface area contributed by atoms with Crippen LogP contribution in [0.25, 0.3) is 0 Å². The standard InChI is InChI=1S/C12H18N2O2S/c1-12(2,3)9-8(10(15)16)17-11(13-9)14(4)7-5-6-7/h7H,5-6H2,1-4H3,(H,15,16). The van der Waals surface area contributed by atoms with E-state index in [1.165, 1.54) is 24.2 Å². The van der Waals surface area contributed by atoms with Gasteiger partial charge in [-0.2, -0.15) is 0 Å². The van der Waals surface area contributed by atoms with Crippen molar-refractivity contribution >= 4 is 22.4 Å². The zero-order valence-corrected chi connectivity index (χ0v) is 11.5. The van der Waals surface area contributed by atoms with Crippen LogP contribution in [0.2, 0.25) is 0 Å². The van der Waals surface area contributed by atoms with Crippen molar-refractivity contribution in [3.8, 4) is 0 Å². The molecule has 1 saturated carbocycles. The first-order chi connectivity index (χ1) is 7.80. The lowest BCUT2D eigenvalue weighted by molar-refractivity contribution is 0.0699. The molecule has 0 unspecified atom stereocenters. The predicted molar refractivity (Wildman–Crippen MR) is 69.2 cm³/mol. The molecule has 0 radical (unpaired) electrons. The van der Waals surface area contributed by atoms with Crippen LogP contribution in [-0.4, -0.2) is 29.1 Å². The molecule has 1 aromatic rings. The lowest BCUT2D eigenvalue weighted by Gasteiger charge is -2.17. The molecule has 94 valence electrons. The number of thiazole rings is 1. The minimum atomic E-state index is -0.872. The summed E-state index contributed by atoms with van der Waals surface area (Å²) in [7, 11) is 1.99. The van der Waals surface area contributed by atoms with Crippen LogP contribution in [0.4, 0.5) is 5.13 Å². The number of aromatic carboxylic acids is 1. The largest absolute Gasteiger partial charge is 0.477 e. The fourth-order valence-electron chi connectivity index (χ4n) is 1.73. The first-order valence-corrected chi connectivity index (χ1v) is 6.60. The molecule has 2 rings (SSSR count). The summed E-state index contributed by atoms with van der Waals surface area (Å²) < 4.78 is 0. The van der Waals surface area contributed by atoms with Crippen LogP contribution in [0, 0.1) is 0 Å². The van der Waals surface area contributed by atoms with Gasteiger partial charge in [0.15, 0.2) is 5.13 Å². The Morgan fingerprint density at radius 2 is 2.06 bits per heavy atom. The maximum absolute atomic E-state index is 11.2. The fourth-order valence-corrected chi connectivity index (χ4v) is 2.88. The summed E-state index contributed by atoms with van der Waals surface area (Å²) in [5.74, 6) is -0.872. The Hall–Kier alpha value is -1.10. The summed E-state index contributed by atoms with van der Waals surface area (Å²) >= 11 is 1.29. The summed E-state index contributed by atoms with van der Waals surface area (Å²) in [6.45, 7) is 5.99. The molecule has 17 heavy (non-hydrogen) atoms. The number of rotatable bonds is 3. The third kappa shape index (κ3) is 2.44. The second-order valence-corrected chi connectivity index (χ2v) is 6.55. The Morgan fingerprint density at radius 1 is 1.47 bits per heavy atom. The summed E-state index contributed by atoms with van der Waals surface area (Å²) in [6.07, 6.45) is 2.37. The van der Waals surface area contributed by atoms with Crippen LogP contribution in [0.5, 0.6) is 0 Å². The monoisotopic (exact) mass is 254 g/mol. The van der Waals surface area contributed by atoms with Gasteiger partial charge in [-0.25, -0.2) is 9.78 Å². The quantitative estimate of drug-likeness (QED) is 0.901. The second-order valence-electron chi connectivity index (χ2n) is 5.57. The third-order valence-electron chi connectivity index (χ3n) is 2.92. The molecule has 0 saturated heterocycles. The molecule has 1 aliphatic rings. The van der Waals surface area contributed by atoms with E-state index >= 15 is 0 Å². The average molecular weight is 254 g/mol. The van der Waals surface area contributed by atoms with E-state index in [2.05, 4.69) is 9.88 Å². The van der Waals surface area contributed by atoms with E-state index in [1.54, 1.807) is 0 Å². The van der Waals surface area contributed by atoms with Gasteiger partial charge >= 0.3 is 5.97 Å². The van der Waals surface area contributed by atoms with Gasteiger partial charge in [0.05, 0.1) is 5.69 Å². The molecule has 4 nitrogen and oxygen atoms in total. The molecule has 1 aliphatic carbocycles. The molecule has 0 atom stereocenters. The smallest absolute Gasteiger partial charge is 0.347 e. The van der Waals surface area contributed by atoms with Crippen LogP contribution in [-0.2, 0) is 5.41 Å². The number of aromatic nitrogens is 1. The van der Waals surface area contributed by atoms with Gasteiger partial charge in [0.1, 0.15) is 4.88 Å². The van der Waals surface area contributed by atoms with Crippen molar-refractivity contribution in [3.63, 3.8) is 0 Å². The van der Waals surface area contributed by atoms with Gasteiger partial charge in [-0.3, -0.25) is 0 Å². The average Bonchev–Trinajstić information content (AvgIpc) is 2.92.